The Balaban J connectivity index is 0.000000109. The topological polar surface area (TPSA) is 47.0 Å². The van der Waals surface area contributed by atoms with Gasteiger partial charge in [-0.1, -0.05) is 125 Å². The van der Waals surface area contributed by atoms with Gasteiger partial charge in [-0.15, -0.1) is 0 Å². The lowest BCUT2D eigenvalue weighted by atomic mass is 10.1. The molecule has 12 aromatic rings. The van der Waals surface area contributed by atoms with Crippen molar-refractivity contribution in [1.82, 2.24) is 9.55 Å². The molecule has 1 N–H and O–H groups in total. The standard InChI is InChI=1S/C24H15NO.C12H7BrO.C12H9N/c1-4-10-21-17(7-1)18-8-2-5-11-22(18)25(21)16-13-14-24-20(15-16)19-9-3-6-12-23(19)26-24;13-8-5-6-12-10(7-8)9-3-1-2-4-11(9)14-12;1-3-7-11-9(5-1)10-6-2-4-8-12(10)13-11/h1-15H;1-7H;1-8,13H. The number of H-pyrrole nitrogens is 1. The molecule has 8 aromatic carbocycles. The maximum Gasteiger partial charge on any atom is 0.135 e. The predicted molar refractivity (Wildman–Crippen MR) is 225 cm³/mol. The van der Waals surface area contributed by atoms with Crippen LogP contribution in [0.1, 0.15) is 0 Å². The van der Waals surface area contributed by atoms with Gasteiger partial charge in [-0.25, -0.2) is 0 Å². The monoisotopic (exact) mass is 746 g/mol. The average Bonchev–Trinajstić information content (AvgIpc) is 3.97. The fraction of sp³-hybridized carbons (Fsp3) is 0. The molecule has 5 heteroatoms. The van der Waals surface area contributed by atoms with E-state index >= 15 is 0 Å². The van der Waals surface area contributed by atoms with E-state index in [1.807, 2.05) is 42.5 Å². The van der Waals surface area contributed by atoms with Gasteiger partial charge in [0.2, 0.25) is 0 Å². The second kappa shape index (κ2) is 12.9. The van der Waals surface area contributed by atoms with Gasteiger partial charge in [0.25, 0.3) is 0 Å². The van der Waals surface area contributed by atoms with Gasteiger partial charge in [0.15, 0.2) is 0 Å². The van der Waals surface area contributed by atoms with Crippen LogP contribution in [0.5, 0.6) is 0 Å². The molecule has 0 aliphatic rings. The highest BCUT2D eigenvalue weighted by atomic mass is 79.9. The molecule has 0 fully saturated rings. The number of aromatic amines is 1. The van der Waals surface area contributed by atoms with Crippen molar-refractivity contribution >= 4 is 103 Å². The lowest BCUT2D eigenvalue weighted by Crippen LogP contribution is -1.93. The van der Waals surface area contributed by atoms with Crippen molar-refractivity contribution in [3.05, 3.63) is 186 Å². The Morgan fingerprint density at radius 1 is 0.358 bits per heavy atom. The van der Waals surface area contributed by atoms with Crippen LogP contribution >= 0.6 is 15.9 Å². The van der Waals surface area contributed by atoms with Crippen molar-refractivity contribution in [2.24, 2.45) is 0 Å². The number of para-hydroxylation sites is 6. The minimum absolute atomic E-state index is 0.927. The molecule has 0 amide bonds. The maximum atomic E-state index is 5.99. The Labute approximate surface area is 312 Å². The van der Waals surface area contributed by atoms with Crippen molar-refractivity contribution in [2.45, 2.75) is 0 Å². The molecular formula is C48H31BrN2O2. The number of benzene rings is 8. The smallest absolute Gasteiger partial charge is 0.135 e. The van der Waals surface area contributed by atoms with E-state index in [0.29, 0.717) is 0 Å². The molecule has 0 atom stereocenters. The van der Waals surface area contributed by atoms with E-state index in [4.69, 9.17) is 8.83 Å². The first-order valence-corrected chi connectivity index (χ1v) is 18.4. The van der Waals surface area contributed by atoms with Crippen LogP contribution in [0.25, 0.3) is 93.2 Å². The van der Waals surface area contributed by atoms with E-state index in [2.05, 4.69) is 165 Å². The van der Waals surface area contributed by atoms with Crippen LogP contribution in [0.3, 0.4) is 0 Å². The summed E-state index contributed by atoms with van der Waals surface area (Å²) in [7, 11) is 0. The molecule has 4 nitrogen and oxygen atoms in total. The van der Waals surface area contributed by atoms with Gasteiger partial charge in [-0.05, 0) is 72.8 Å². The minimum atomic E-state index is 0.927. The van der Waals surface area contributed by atoms with Gasteiger partial charge in [-0.2, -0.15) is 0 Å². The Morgan fingerprint density at radius 3 is 1.34 bits per heavy atom. The lowest BCUT2D eigenvalue weighted by Gasteiger charge is -2.07. The highest BCUT2D eigenvalue weighted by Crippen LogP contribution is 2.35. The lowest BCUT2D eigenvalue weighted by molar-refractivity contribution is 0.668. The number of nitrogens with zero attached hydrogens (tertiary/aromatic N) is 1. The van der Waals surface area contributed by atoms with Crippen molar-refractivity contribution < 1.29 is 8.83 Å². The van der Waals surface area contributed by atoms with Gasteiger partial charge in [-0.3, -0.25) is 0 Å². The number of hydrogen-bond acceptors (Lipinski definition) is 2. The number of hydrogen-bond donors (Lipinski definition) is 1. The molecule has 0 bridgehead atoms. The van der Waals surface area contributed by atoms with Crippen molar-refractivity contribution in [1.29, 1.82) is 0 Å². The second-order valence-corrected chi connectivity index (χ2v) is 14.0. The summed E-state index contributed by atoms with van der Waals surface area (Å²) in [6.45, 7) is 0. The quantitative estimate of drug-likeness (QED) is 0.182. The van der Waals surface area contributed by atoms with Gasteiger partial charge in [0, 0.05) is 64.3 Å². The van der Waals surface area contributed by atoms with Crippen LogP contribution in [-0.2, 0) is 0 Å². The Bertz CT molecular complexity index is 3170. The van der Waals surface area contributed by atoms with Gasteiger partial charge < -0.3 is 18.4 Å². The third-order valence-electron chi connectivity index (χ3n) is 9.95. The van der Waals surface area contributed by atoms with Crippen LogP contribution in [0.4, 0.5) is 0 Å². The van der Waals surface area contributed by atoms with Crippen LogP contribution in [0.15, 0.2) is 195 Å². The van der Waals surface area contributed by atoms with E-state index in [1.165, 1.54) is 49.0 Å². The van der Waals surface area contributed by atoms with Gasteiger partial charge >= 0.3 is 0 Å². The van der Waals surface area contributed by atoms with E-state index in [1.54, 1.807) is 0 Å². The zero-order chi connectivity index (χ0) is 35.3. The van der Waals surface area contributed by atoms with Crippen LogP contribution in [-0.4, -0.2) is 9.55 Å². The summed E-state index contributed by atoms with van der Waals surface area (Å²) >= 11 is 3.46. The number of furan rings is 2. The number of fused-ring (bicyclic) bond motifs is 12. The molecule has 4 aromatic heterocycles. The second-order valence-electron chi connectivity index (χ2n) is 13.1. The summed E-state index contributed by atoms with van der Waals surface area (Å²) in [5, 5.41) is 9.81. The number of rotatable bonds is 1. The molecule has 0 unspecified atom stereocenters. The van der Waals surface area contributed by atoms with E-state index in [-0.39, 0.29) is 0 Å². The molecule has 0 radical (unpaired) electrons. The zero-order valence-corrected chi connectivity index (χ0v) is 30.0. The third kappa shape index (κ3) is 5.45. The zero-order valence-electron chi connectivity index (χ0n) is 28.5. The number of aromatic nitrogens is 2. The van der Waals surface area contributed by atoms with Crippen LogP contribution in [0, 0.1) is 0 Å². The SMILES string of the molecule is Brc1ccc2oc3ccccc3c2c1.c1ccc2c(c1)[nH]c1ccccc12.c1ccc2c(c1)oc1ccc(-n3c4ccccc4c4ccccc43)cc12. The molecule has 4 heterocycles. The Hall–Kier alpha value is -6.56. The molecule has 0 saturated carbocycles. The summed E-state index contributed by atoms with van der Waals surface area (Å²) in [5.41, 5.74) is 9.77. The fourth-order valence-electron chi connectivity index (χ4n) is 7.55. The van der Waals surface area contributed by atoms with Gasteiger partial charge in [0.1, 0.15) is 22.3 Å². The predicted octanol–water partition coefficient (Wildman–Crippen LogP) is 14.4. The summed E-state index contributed by atoms with van der Waals surface area (Å²) < 4.78 is 15.1. The van der Waals surface area contributed by atoms with E-state index < -0.39 is 0 Å². The molecule has 0 spiro atoms. The highest BCUT2D eigenvalue weighted by Gasteiger charge is 2.13. The van der Waals surface area contributed by atoms with Gasteiger partial charge in [0.05, 0.1) is 11.0 Å². The Morgan fingerprint density at radius 2 is 0.774 bits per heavy atom. The van der Waals surface area contributed by atoms with Crippen molar-refractivity contribution in [3.8, 4) is 5.69 Å². The fourth-order valence-corrected chi connectivity index (χ4v) is 7.91. The summed E-state index contributed by atoms with van der Waals surface area (Å²) in [5.74, 6) is 0. The molecule has 53 heavy (non-hydrogen) atoms. The largest absolute Gasteiger partial charge is 0.456 e. The summed E-state index contributed by atoms with van der Waals surface area (Å²) in [6.07, 6.45) is 0. The first-order valence-electron chi connectivity index (χ1n) is 17.6. The van der Waals surface area contributed by atoms with E-state index in [9.17, 15) is 0 Å². The van der Waals surface area contributed by atoms with E-state index in [0.717, 1.165) is 48.7 Å². The number of halogens is 1. The summed E-state index contributed by atoms with van der Waals surface area (Å²) in [4.78, 5) is 3.38. The first-order chi connectivity index (χ1) is 26.2. The molecule has 252 valence electrons. The van der Waals surface area contributed by atoms with Crippen LogP contribution < -0.4 is 0 Å². The first kappa shape index (κ1) is 31.2. The molecule has 0 aliphatic carbocycles. The average molecular weight is 748 g/mol. The molecular weight excluding hydrogens is 716 g/mol. The number of nitrogens with one attached hydrogen (secondary N) is 1. The van der Waals surface area contributed by atoms with Crippen molar-refractivity contribution in [2.75, 3.05) is 0 Å². The third-order valence-corrected chi connectivity index (χ3v) is 10.4. The highest BCUT2D eigenvalue weighted by molar-refractivity contribution is 9.10. The Kier molecular flexibility index (Phi) is 7.59. The minimum Gasteiger partial charge on any atom is -0.456 e. The molecule has 0 aliphatic heterocycles. The maximum absolute atomic E-state index is 5.99. The van der Waals surface area contributed by atoms with Crippen LogP contribution in [0.2, 0.25) is 0 Å². The molecule has 12 rings (SSSR count). The van der Waals surface area contributed by atoms with Crippen molar-refractivity contribution in [3.63, 3.8) is 0 Å². The normalized spacial score (nSPS) is 11.5. The summed E-state index contributed by atoms with van der Waals surface area (Å²) in [6, 6.07) is 62.7. The molecule has 0 saturated heterocycles.